The van der Waals surface area contributed by atoms with Gasteiger partial charge >= 0.3 is 5.97 Å². The second-order valence-corrected chi connectivity index (χ2v) is 10.7. The van der Waals surface area contributed by atoms with E-state index in [1.54, 1.807) is 53.9 Å². The molecule has 1 aromatic heterocycles. The highest BCUT2D eigenvalue weighted by atomic mass is 32.2. The summed E-state index contributed by atoms with van der Waals surface area (Å²) in [4.78, 5) is 24.1. The van der Waals surface area contributed by atoms with Gasteiger partial charge in [0.05, 0.1) is 5.69 Å². The zero-order chi connectivity index (χ0) is 24.0. The fourth-order valence-corrected chi connectivity index (χ4v) is 5.26. The summed E-state index contributed by atoms with van der Waals surface area (Å²) in [5.41, 5.74) is 2.05. The Balaban J connectivity index is 1.49. The predicted octanol–water partition coefficient (Wildman–Crippen LogP) is 4.50. The molecule has 0 saturated carbocycles. The molecule has 0 spiro atoms. The largest absolute Gasteiger partial charge is 0.482 e. The van der Waals surface area contributed by atoms with Crippen molar-refractivity contribution in [3.63, 3.8) is 0 Å². The van der Waals surface area contributed by atoms with Gasteiger partial charge in [0, 0.05) is 12.6 Å². The maximum absolute atomic E-state index is 12.6. The molecular formula is C24H25NO6S2. The van der Waals surface area contributed by atoms with Gasteiger partial charge in [0.15, 0.2) is 19.0 Å². The van der Waals surface area contributed by atoms with E-state index in [0.717, 1.165) is 16.9 Å². The molecule has 7 nitrogen and oxygen atoms in total. The molecule has 0 saturated heterocycles. The van der Waals surface area contributed by atoms with Crippen molar-refractivity contribution in [1.29, 1.82) is 0 Å². The lowest BCUT2D eigenvalue weighted by molar-refractivity contribution is -0.144. The van der Waals surface area contributed by atoms with E-state index in [-0.39, 0.29) is 23.2 Å². The molecule has 0 N–H and O–H groups in total. The highest BCUT2D eigenvalue weighted by Gasteiger charge is 2.22. The average molecular weight is 488 g/mol. The molecule has 0 bridgehead atoms. The van der Waals surface area contributed by atoms with Crippen LogP contribution in [0.15, 0.2) is 70.3 Å². The van der Waals surface area contributed by atoms with Crippen molar-refractivity contribution >= 4 is 38.8 Å². The monoisotopic (exact) mass is 487 g/mol. The van der Waals surface area contributed by atoms with Crippen LogP contribution in [0, 0.1) is 0 Å². The lowest BCUT2D eigenvalue weighted by atomic mass is 10.0. The van der Waals surface area contributed by atoms with Crippen LogP contribution in [0.1, 0.15) is 35.7 Å². The Labute approximate surface area is 197 Å². The van der Waals surface area contributed by atoms with Crippen molar-refractivity contribution < 1.29 is 27.5 Å². The molecule has 9 heteroatoms. The van der Waals surface area contributed by atoms with Gasteiger partial charge < -0.3 is 9.47 Å². The van der Waals surface area contributed by atoms with E-state index in [2.05, 4.69) is 13.8 Å². The first-order valence-corrected chi connectivity index (χ1v) is 12.5. The van der Waals surface area contributed by atoms with Gasteiger partial charge in [0.25, 0.3) is 10.0 Å². The Morgan fingerprint density at radius 1 is 0.970 bits per heavy atom. The topological polar surface area (TPSA) is 90.0 Å². The summed E-state index contributed by atoms with van der Waals surface area (Å²) in [6.45, 7) is 3.39. The number of carbonyl (C=O) groups is 2. The Morgan fingerprint density at radius 3 is 2.21 bits per heavy atom. The number of thiophene rings is 1. The summed E-state index contributed by atoms with van der Waals surface area (Å²) in [5.74, 6) is -0.237. The standard InChI is InChI=1S/C24H25NO6S2/c1-17(2)18-6-8-19(9-7-18)22(26)15-31-23(27)16-30-21-12-10-20(11-13-21)25(3)33(28,29)24-5-4-14-32-24/h4-14,17H,15-16H2,1-3H3. The van der Waals surface area contributed by atoms with E-state index in [1.807, 2.05) is 12.1 Å². The van der Waals surface area contributed by atoms with Gasteiger partial charge in [-0.05, 0) is 47.2 Å². The summed E-state index contributed by atoms with van der Waals surface area (Å²) in [6.07, 6.45) is 0. The van der Waals surface area contributed by atoms with Gasteiger partial charge in [-0.25, -0.2) is 13.2 Å². The minimum Gasteiger partial charge on any atom is -0.482 e. The lowest BCUT2D eigenvalue weighted by Gasteiger charge is -2.18. The molecule has 0 fully saturated rings. The molecule has 0 atom stereocenters. The zero-order valence-electron chi connectivity index (χ0n) is 18.6. The van der Waals surface area contributed by atoms with Gasteiger partial charge in [0.2, 0.25) is 0 Å². The molecule has 0 aliphatic rings. The molecule has 0 unspecified atom stereocenters. The van der Waals surface area contributed by atoms with Crippen LogP contribution < -0.4 is 9.04 Å². The van der Waals surface area contributed by atoms with Crippen molar-refractivity contribution in [3.8, 4) is 5.75 Å². The third-order valence-corrected chi connectivity index (χ3v) is 8.09. The first kappa shape index (κ1) is 24.5. The second-order valence-electron chi connectivity index (χ2n) is 7.55. The summed E-state index contributed by atoms with van der Waals surface area (Å²) in [5, 5.41) is 1.70. The highest BCUT2D eigenvalue weighted by molar-refractivity contribution is 7.94. The minimum absolute atomic E-state index is 0.249. The number of ether oxygens (including phenoxy) is 2. The molecular weight excluding hydrogens is 462 g/mol. The molecule has 33 heavy (non-hydrogen) atoms. The van der Waals surface area contributed by atoms with Crippen molar-refractivity contribution in [1.82, 2.24) is 0 Å². The van der Waals surface area contributed by atoms with Crippen molar-refractivity contribution in [2.75, 3.05) is 24.6 Å². The van der Waals surface area contributed by atoms with Crippen LogP contribution in [0.2, 0.25) is 0 Å². The van der Waals surface area contributed by atoms with Crippen LogP contribution in [-0.4, -0.2) is 40.4 Å². The molecule has 3 aromatic rings. The van der Waals surface area contributed by atoms with E-state index in [9.17, 15) is 18.0 Å². The molecule has 2 aromatic carbocycles. The summed E-state index contributed by atoms with van der Waals surface area (Å²) in [6, 6.07) is 16.7. The van der Waals surface area contributed by atoms with E-state index in [0.29, 0.717) is 22.9 Å². The molecule has 174 valence electrons. The number of benzene rings is 2. The fraction of sp³-hybridized carbons (Fsp3) is 0.250. The van der Waals surface area contributed by atoms with E-state index < -0.39 is 16.0 Å². The number of hydrogen-bond acceptors (Lipinski definition) is 7. The van der Waals surface area contributed by atoms with Crippen molar-refractivity contribution in [3.05, 3.63) is 77.2 Å². The molecule has 0 amide bonds. The number of rotatable bonds is 10. The number of hydrogen-bond donors (Lipinski definition) is 0. The highest BCUT2D eigenvalue weighted by Crippen LogP contribution is 2.26. The number of nitrogens with zero attached hydrogens (tertiary/aromatic N) is 1. The van der Waals surface area contributed by atoms with Gasteiger partial charge in [-0.3, -0.25) is 9.10 Å². The van der Waals surface area contributed by atoms with E-state index in [4.69, 9.17) is 9.47 Å². The zero-order valence-corrected chi connectivity index (χ0v) is 20.2. The van der Waals surface area contributed by atoms with Crippen LogP contribution in [0.25, 0.3) is 0 Å². The lowest BCUT2D eigenvalue weighted by Crippen LogP contribution is -2.25. The molecule has 0 radical (unpaired) electrons. The van der Waals surface area contributed by atoms with Crippen LogP contribution >= 0.6 is 11.3 Å². The number of esters is 1. The Bertz CT molecular complexity index is 1180. The van der Waals surface area contributed by atoms with Crippen LogP contribution in [0.3, 0.4) is 0 Å². The maximum Gasteiger partial charge on any atom is 0.344 e. The summed E-state index contributed by atoms with van der Waals surface area (Å²) >= 11 is 1.14. The average Bonchev–Trinajstić information content (AvgIpc) is 3.37. The Morgan fingerprint density at radius 2 is 1.64 bits per heavy atom. The number of Topliss-reactive ketones (excluding diaryl/α,β-unsaturated/α-hetero) is 1. The SMILES string of the molecule is CC(C)c1ccc(C(=O)COC(=O)COc2ccc(N(C)S(=O)(=O)c3cccs3)cc2)cc1. The van der Waals surface area contributed by atoms with E-state index in [1.165, 1.54) is 11.4 Å². The third-order valence-electron chi connectivity index (χ3n) is 4.93. The van der Waals surface area contributed by atoms with Crippen LogP contribution in [0.5, 0.6) is 5.75 Å². The number of carbonyl (C=O) groups excluding carboxylic acids is 2. The van der Waals surface area contributed by atoms with E-state index >= 15 is 0 Å². The quantitative estimate of drug-likeness (QED) is 0.309. The summed E-state index contributed by atoms with van der Waals surface area (Å²) < 4.78 is 37.0. The van der Waals surface area contributed by atoms with Gasteiger partial charge in [-0.1, -0.05) is 44.2 Å². The second kappa shape index (κ2) is 10.6. The molecule has 0 aliphatic carbocycles. The Kier molecular flexibility index (Phi) is 7.88. The maximum atomic E-state index is 12.6. The Hall–Kier alpha value is -3.17. The number of anilines is 1. The van der Waals surface area contributed by atoms with Crippen LogP contribution in [0.4, 0.5) is 5.69 Å². The number of ketones is 1. The van der Waals surface area contributed by atoms with Gasteiger partial charge in [-0.2, -0.15) is 0 Å². The third kappa shape index (κ3) is 6.21. The van der Waals surface area contributed by atoms with Gasteiger partial charge in [-0.15, -0.1) is 11.3 Å². The smallest absolute Gasteiger partial charge is 0.344 e. The normalized spacial score (nSPS) is 11.3. The van der Waals surface area contributed by atoms with Gasteiger partial charge in [0.1, 0.15) is 9.96 Å². The first-order valence-electron chi connectivity index (χ1n) is 10.2. The molecule has 0 aliphatic heterocycles. The number of sulfonamides is 1. The minimum atomic E-state index is -3.63. The van der Waals surface area contributed by atoms with Crippen molar-refractivity contribution in [2.45, 2.75) is 24.0 Å². The molecule has 1 heterocycles. The summed E-state index contributed by atoms with van der Waals surface area (Å²) in [7, 11) is -2.16. The van der Waals surface area contributed by atoms with Crippen LogP contribution in [-0.2, 0) is 19.6 Å². The first-order chi connectivity index (χ1) is 15.7. The van der Waals surface area contributed by atoms with Crippen molar-refractivity contribution in [2.24, 2.45) is 0 Å². The fourth-order valence-electron chi connectivity index (χ4n) is 2.90. The predicted molar refractivity (Wildman–Crippen MR) is 128 cm³/mol. The molecule has 3 rings (SSSR count).